The van der Waals surface area contributed by atoms with Gasteiger partial charge in [-0.3, -0.25) is 4.79 Å². The molecule has 0 aliphatic carbocycles. The molecule has 4 nitrogen and oxygen atoms in total. The monoisotopic (exact) mass is 229 g/mol. The first-order valence-corrected chi connectivity index (χ1v) is 4.99. The minimum atomic E-state index is 0. The van der Waals surface area contributed by atoms with Gasteiger partial charge in [-0.15, -0.1) is 12.4 Å². The molecule has 1 aromatic rings. The Morgan fingerprint density at radius 3 is 3.07 bits per heavy atom. The number of H-pyrrole nitrogens is 1. The lowest BCUT2D eigenvalue weighted by Gasteiger charge is -2.09. The van der Waals surface area contributed by atoms with E-state index in [-0.39, 0.29) is 24.4 Å². The van der Waals surface area contributed by atoms with Crippen molar-refractivity contribution < 1.29 is 4.79 Å². The van der Waals surface area contributed by atoms with Crippen molar-refractivity contribution in [2.75, 3.05) is 6.54 Å². The van der Waals surface area contributed by atoms with Crippen LogP contribution in [0.3, 0.4) is 0 Å². The second-order valence-corrected chi connectivity index (χ2v) is 3.56. The van der Waals surface area contributed by atoms with Crippen molar-refractivity contribution in [3.63, 3.8) is 0 Å². The van der Waals surface area contributed by atoms with Gasteiger partial charge in [0.15, 0.2) is 0 Å². The van der Waals surface area contributed by atoms with Gasteiger partial charge >= 0.3 is 0 Å². The Bertz CT molecular complexity index is 294. The number of hydrogen-bond donors (Lipinski definition) is 3. The van der Waals surface area contributed by atoms with Gasteiger partial charge in [-0.1, -0.05) is 0 Å². The molecular weight excluding hydrogens is 214 g/mol. The zero-order valence-electron chi connectivity index (χ0n) is 8.45. The van der Waals surface area contributed by atoms with E-state index >= 15 is 0 Å². The van der Waals surface area contributed by atoms with Crippen molar-refractivity contribution in [1.82, 2.24) is 15.6 Å². The molecule has 15 heavy (non-hydrogen) atoms. The summed E-state index contributed by atoms with van der Waals surface area (Å²) in [5, 5.41) is 6.06. The van der Waals surface area contributed by atoms with Crippen LogP contribution in [0.15, 0.2) is 18.3 Å². The van der Waals surface area contributed by atoms with Crippen LogP contribution in [-0.4, -0.2) is 23.5 Å². The lowest BCUT2D eigenvalue weighted by atomic mass is 10.2. The van der Waals surface area contributed by atoms with Crippen LogP contribution in [0.25, 0.3) is 0 Å². The summed E-state index contributed by atoms with van der Waals surface area (Å²) < 4.78 is 0. The molecule has 84 valence electrons. The maximum atomic E-state index is 11.6. The number of rotatable bonds is 3. The van der Waals surface area contributed by atoms with E-state index in [2.05, 4.69) is 15.6 Å². The van der Waals surface area contributed by atoms with E-state index in [9.17, 15) is 4.79 Å². The van der Waals surface area contributed by atoms with Crippen LogP contribution in [-0.2, 0) is 11.3 Å². The Labute approximate surface area is 95.2 Å². The number of halogens is 1. The van der Waals surface area contributed by atoms with Gasteiger partial charge in [-0.05, 0) is 31.5 Å². The first-order valence-electron chi connectivity index (χ1n) is 4.99. The molecule has 1 unspecified atom stereocenters. The van der Waals surface area contributed by atoms with Gasteiger partial charge in [0.05, 0.1) is 12.6 Å². The van der Waals surface area contributed by atoms with Crippen molar-refractivity contribution in [2.24, 2.45) is 0 Å². The fraction of sp³-hybridized carbons (Fsp3) is 0.500. The van der Waals surface area contributed by atoms with E-state index in [1.165, 1.54) is 0 Å². The van der Waals surface area contributed by atoms with Crippen LogP contribution in [0.1, 0.15) is 18.5 Å². The van der Waals surface area contributed by atoms with Gasteiger partial charge in [0.25, 0.3) is 0 Å². The van der Waals surface area contributed by atoms with E-state index in [4.69, 9.17) is 0 Å². The number of aromatic amines is 1. The predicted molar refractivity (Wildman–Crippen MR) is 60.9 cm³/mol. The third-order valence-corrected chi connectivity index (χ3v) is 2.49. The first kappa shape index (κ1) is 12.1. The highest BCUT2D eigenvalue weighted by atomic mass is 35.5. The second-order valence-electron chi connectivity index (χ2n) is 3.56. The molecule has 1 aromatic heterocycles. The van der Waals surface area contributed by atoms with Crippen LogP contribution in [0, 0.1) is 0 Å². The van der Waals surface area contributed by atoms with Crippen LogP contribution in [0.5, 0.6) is 0 Å². The number of carbonyl (C=O) groups excluding carboxylic acids is 1. The van der Waals surface area contributed by atoms with Crippen LogP contribution in [0.2, 0.25) is 0 Å². The van der Waals surface area contributed by atoms with Gasteiger partial charge in [0.2, 0.25) is 5.91 Å². The summed E-state index contributed by atoms with van der Waals surface area (Å²) >= 11 is 0. The smallest absolute Gasteiger partial charge is 0.237 e. The lowest BCUT2D eigenvalue weighted by Crippen LogP contribution is -2.40. The molecule has 1 fully saturated rings. The molecule has 3 N–H and O–H groups in total. The van der Waals surface area contributed by atoms with E-state index in [0.29, 0.717) is 6.54 Å². The van der Waals surface area contributed by atoms with Crippen molar-refractivity contribution in [1.29, 1.82) is 0 Å². The van der Waals surface area contributed by atoms with Gasteiger partial charge in [0.1, 0.15) is 0 Å². The van der Waals surface area contributed by atoms with Gasteiger partial charge in [-0.25, -0.2) is 0 Å². The molecule has 0 spiro atoms. The Kier molecular flexibility index (Phi) is 4.65. The standard InChI is InChI=1S/C10H15N3O.ClH/c14-10(9-4-2-6-12-9)13-7-8-3-1-5-11-8;/h1,3,5,9,11-12H,2,4,6-7H2,(H,13,14);1H. The molecule has 2 heterocycles. The van der Waals surface area contributed by atoms with Crippen molar-refractivity contribution in [2.45, 2.75) is 25.4 Å². The number of carbonyl (C=O) groups is 1. The minimum Gasteiger partial charge on any atom is -0.364 e. The zero-order valence-corrected chi connectivity index (χ0v) is 9.27. The molecule has 2 rings (SSSR count). The third kappa shape index (κ3) is 3.25. The summed E-state index contributed by atoms with van der Waals surface area (Å²) in [4.78, 5) is 14.6. The van der Waals surface area contributed by atoms with Crippen LogP contribution in [0.4, 0.5) is 0 Å². The summed E-state index contributed by atoms with van der Waals surface area (Å²) in [5.41, 5.74) is 1.04. The molecule has 1 saturated heterocycles. The van der Waals surface area contributed by atoms with E-state index in [1.54, 1.807) is 0 Å². The Balaban J connectivity index is 0.00000112. The fourth-order valence-corrected chi connectivity index (χ4v) is 1.69. The summed E-state index contributed by atoms with van der Waals surface area (Å²) in [6, 6.07) is 3.91. The van der Waals surface area contributed by atoms with Crippen molar-refractivity contribution in [3.8, 4) is 0 Å². The second kappa shape index (κ2) is 5.78. The lowest BCUT2D eigenvalue weighted by molar-refractivity contribution is -0.122. The zero-order chi connectivity index (χ0) is 9.80. The summed E-state index contributed by atoms with van der Waals surface area (Å²) in [7, 11) is 0. The van der Waals surface area contributed by atoms with Crippen molar-refractivity contribution >= 4 is 18.3 Å². The molecule has 1 aliphatic rings. The van der Waals surface area contributed by atoms with Gasteiger partial charge < -0.3 is 15.6 Å². The Hall–Kier alpha value is -1.00. The van der Waals surface area contributed by atoms with E-state index in [1.807, 2.05) is 18.3 Å². The topological polar surface area (TPSA) is 56.9 Å². The molecule has 0 radical (unpaired) electrons. The van der Waals surface area contributed by atoms with Crippen LogP contribution < -0.4 is 10.6 Å². The maximum Gasteiger partial charge on any atom is 0.237 e. The molecular formula is C10H16ClN3O. The number of amides is 1. The summed E-state index contributed by atoms with van der Waals surface area (Å²) in [5.74, 6) is 0.108. The third-order valence-electron chi connectivity index (χ3n) is 2.49. The van der Waals surface area contributed by atoms with E-state index < -0.39 is 0 Å². The highest BCUT2D eigenvalue weighted by Crippen LogP contribution is 2.04. The quantitative estimate of drug-likeness (QED) is 0.719. The molecule has 0 bridgehead atoms. The molecule has 0 saturated carbocycles. The van der Waals surface area contributed by atoms with Crippen molar-refractivity contribution in [3.05, 3.63) is 24.0 Å². The average Bonchev–Trinajstić information content (AvgIpc) is 2.87. The number of nitrogens with one attached hydrogen (secondary N) is 3. The molecule has 1 amide bonds. The van der Waals surface area contributed by atoms with Crippen LogP contribution >= 0.6 is 12.4 Å². The SMILES string of the molecule is Cl.O=C(NCc1ccc[nH]1)C1CCCN1. The fourth-order valence-electron chi connectivity index (χ4n) is 1.69. The number of hydrogen-bond acceptors (Lipinski definition) is 2. The number of aromatic nitrogens is 1. The minimum absolute atomic E-state index is 0. The Morgan fingerprint density at radius 1 is 1.60 bits per heavy atom. The van der Waals surface area contributed by atoms with Gasteiger partial charge in [0, 0.05) is 11.9 Å². The average molecular weight is 230 g/mol. The molecule has 1 atom stereocenters. The molecule has 0 aromatic carbocycles. The highest BCUT2D eigenvalue weighted by molar-refractivity contribution is 5.85. The largest absolute Gasteiger partial charge is 0.364 e. The van der Waals surface area contributed by atoms with E-state index in [0.717, 1.165) is 25.1 Å². The normalized spacial score (nSPS) is 19.6. The summed E-state index contributed by atoms with van der Waals surface area (Å²) in [6.07, 6.45) is 3.91. The van der Waals surface area contributed by atoms with Gasteiger partial charge in [-0.2, -0.15) is 0 Å². The molecule has 1 aliphatic heterocycles. The highest BCUT2D eigenvalue weighted by Gasteiger charge is 2.21. The Morgan fingerprint density at radius 2 is 2.47 bits per heavy atom. The molecule has 5 heteroatoms. The summed E-state index contributed by atoms with van der Waals surface area (Å²) in [6.45, 7) is 1.55. The first-order chi connectivity index (χ1) is 6.86. The predicted octanol–water partition coefficient (Wildman–Crippen LogP) is 0.805. The maximum absolute atomic E-state index is 11.6.